The van der Waals surface area contributed by atoms with Gasteiger partial charge < -0.3 is 10.3 Å². The number of thioether (sulfide) groups is 1. The molecule has 1 saturated carbocycles. The summed E-state index contributed by atoms with van der Waals surface area (Å²) in [6.45, 7) is -2.25. The molecule has 0 amide bonds. The van der Waals surface area contributed by atoms with E-state index in [0.717, 1.165) is 28.4 Å². The molecule has 2 N–H and O–H groups in total. The third-order valence-electron chi connectivity index (χ3n) is 3.12. The van der Waals surface area contributed by atoms with Crippen LogP contribution in [-0.2, 0) is 12.3 Å². The molecule has 6 nitrogen and oxygen atoms in total. The summed E-state index contributed by atoms with van der Waals surface area (Å²) < 4.78 is 28.3. The molecule has 1 fully saturated rings. The minimum absolute atomic E-state index is 0.324. The van der Waals surface area contributed by atoms with Crippen molar-refractivity contribution < 1.29 is 8.78 Å². The number of rotatable bonds is 6. The number of nitrogens with two attached hydrogens (primary N) is 1. The molecule has 1 aliphatic carbocycles. The van der Waals surface area contributed by atoms with Crippen molar-refractivity contribution in [1.29, 1.82) is 0 Å². The molecular weight excluding hydrogens is 286 g/mol. The Bertz CT molecular complexity index is 592. The predicted molar refractivity (Wildman–Crippen MR) is 69.2 cm³/mol. The number of hydrogen-bond acceptors (Lipinski definition) is 5. The van der Waals surface area contributed by atoms with Crippen LogP contribution in [0.1, 0.15) is 37.1 Å². The first kappa shape index (κ1) is 13.5. The third-order valence-corrected chi connectivity index (χ3v) is 4.06. The third kappa shape index (κ3) is 2.55. The van der Waals surface area contributed by atoms with E-state index in [9.17, 15) is 8.78 Å². The maximum Gasteiger partial charge on any atom is 0.319 e. The highest BCUT2D eigenvalue weighted by Gasteiger charge is 2.29. The van der Waals surface area contributed by atoms with Gasteiger partial charge in [-0.25, -0.2) is 4.98 Å². The fourth-order valence-corrected chi connectivity index (χ4v) is 2.98. The highest BCUT2D eigenvalue weighted by atomic mass is 32.2. The van der Waals surface area contributed by atoms with E-state index in [1.165, 1.54) is 24.2 Å². The monoisotopic (exact) mass is 300 g/mol. The average molecular weight is 300 g/mol. The van der Waals surface area contributed by atoms with Crippen LogP contribution in [0.15, 0.2) is 17.6 Å². The van der Waals surface area contributed by atoms with Crippen LogP contribution < -0.4 is 5.73 Å². The minimum atomic E-state index is -2.57. The van der Waals surface area contributed by atoms with Crippen LogP contribution in [0, 0.1) is 0 Å². The molecule has 0 aromatic carbocycles. The van der Waals surface area contributed by atoms with Gasteiger partial charge >= 0.3 is 6.55 Å². The first-order chi connectivity index (χ1) is 9.70. The van der Waals surface area contributed by atoms with Crippen LogP contribution >= 0.6 is 11.8 Å². The standard InChI is InChI=1S/C11H14F2N6S/c12-10(13)18-4-3-15-9(18)6-20-11-17-16-8(5-14)19(11)7-1-2-7/h3-4,7,10H,1-2,5-6,14H2. The predicted octanol–water partition coefficient (Wildman–Crippen LogP) is 1.96. The van der Waals surface area contributed by atoms with Crippen molar-refractivity contribution in [3.63, 3.8) is 0 Å². The number of halogens is 2. The molecule has 2 aromatic rings. The van der Waals surface area contributed by atoms with Crippen molar-refractivity contribution in [2.75, 3.05) is 0 Å². The van der Waals surface area contributed by atoms with Crippen LogP contribution in [0.5, 0.6) is 0 Å². The van der Waals surface area contributed by atoms with Crippen molar-refractivity contribution >= 4 is 11.8 Å². The van der Waals surface area contributed by atoms with Gasteiger partial charge in [-0.1, -0.05) is 11.8 Å². The van der Waals surface area contributed by atoms with Crippen LogP contribution in [0.25, 0.3) is 0 Å². The van der Waals surface area contributed by atoms with Crippen LogP contribution in [-0.4, -0.2) is 24.3 Å². The SMILES string of the molecule is NCc1nnc(SCc2nccn2C(F)F)n1C1CC1. The maximum atomic E-state index is 12.7. The van der Waals surface area contributed by atoms with E-state index >= 15 is 0 Å². The van der Waals surface area contributed by atoms with Gasteiger partial charge in [-0.15, -0.1) is 10.2 Å². The van der Waals surface area contributed by atoms with Crippen molar-refractivity contribution in [3.05, 3.63) is 24.0 Å². The second-order valence-electron chi connectivity index (χ2n) is 4.52. The summed E-state index contributed by atoms with van der Waals surface area (Å²) in [6.07, 6.45) is 4.82. The molecule has 0 radical (unpaired) electrons. The van der Waals surface area contributed by atoms with E-state index < -0.39 is 6.55 Å². The van der Waals surface area contributed by atoms with E-state index in [4.69, 9.17) is 5.73 Å². The number of imidazole rings is 1. The highest BCUT2D eigenvalue weighted by Crippen LogP contribution is 2.39. The Morgan fingerprint density at radius 3 is 2.80 bits per heavy atom. The maximum absolute atomic E-state index is 12.7. The Kier molecular flexibility index (Phi) is 3.70. The Labute approximate surface area is 118 Å². The molecule has 108 valence electrons. The lowest BCUT2D eigenvalue weighted by molar-refractivity contribution is 0.0678. The Balaban J connectivity index is 1.75. The van der Waals surface area contributed by atoms with E-state index in [0.29, 0.717) is 24.2 Å². The van der Waals surface area contributed by atoms with E-state index in [2.05, 4.69) is 15.2 Å². The molecule has 3 rings (SSSR count). The number of alkyl halides is 2. The van der Waals surface area contributed by atoms with Crippen molar-refractivity contribution in [2.45, 2.75) is 42.9 Å². The van der Waals surface area contributed by atoms with Crippen molar-refractivity contribution in [3.8, 4) is 0 Å². The van der Waals surface area contributed by atoms with Crippen LogP contribution in [0.3, 0.4) is 0 Å². The molecule has 0 unspecified atom stereocenters. The van der Waals surface area contributed by atoms with Crippen LogP contribution in [0.4, 0.5) is 8.78 Å². The molecule has 0 atom stereocenters. The highest BCUT2D eigenvalue weighted by molar-refractivity contribution is 7.98. The van der Waals surface area contributed by atoms with Crippen LogP contribution in [0.2, 0.25) is 0 Å². The normalized spacial score (nSPS) is 15.2. The van der Waals surface area contributed by atoms with E-state index in [-0.39, 0.29) is 0 Å². The lowest BCUT2D eigenvalue weighted by atomic mass is 10.5. The largest absolute Gasteiger partial charge is 0.324 e. The number of hydrogen-bond donors (Lipinski definition) is 1. The fraction of sp³-hybridized carbons (Fsp3) is 0.545. The van der Waals surface area contributed by atoms with Gasteiger partial charge in [0.2, 0.25) is 0 Å². The summed E-state index contributed by atoms with van der Waals surface area (Å²) in [5.41, 5.74) is 5.64. The molecule has 2 aromatic heterocycles. The molecule has 0 bridgehead atoms. The summed E-state index contributed by atoms with van der Waals surface area (Å²) in [5, 5.41) is 8.86. The summed E-state index contributed by atoms with van der Waals surface area (Å²) in [4.78, 5) is 3.95. The molecule has 0 aliphatic heterocycles. The lowest BCUT2D eigenvalue weighted by Crippen LogP contribution is -2.08. The topological polar surface area (TPSA) is 74.6 Å². The van der Waals surface area contributed by atoms with Gasteiger partial charge in [-0.05, 0) is 12.8 Å². The molecule has 0 saturated heterocycles. The van der Waals surface area contributed by atoms with E-state index in [1.807, 2.05) is 4.57 Å². The summed E-state index contributed by atoms with van der Waals surface area (Å²) >= 11 is 1.36. The van der Waals surface area contributed by atoms with Gasteiger partial charge in [0.15, 0.2) is 5.16 Å². The van der Waals surface area contributed by atoms with Gasteiger partial charge in [-0.3, -0.25) is 4.57 Å². The smallest absolute Gasteiger partial charge is 0.319 e. The first-order valence-electron chi connectivity index (χ1n) is 6.27. The number of nitrogens with zero attached hydrogens (tertiary/aromatic N) is 5. The van der Waals surface area contributed by atoms with Crippen molar-refractivity contribution in [1.82, 2.24) is 24.3 Å². The summed E-state index contributed by atoms with van der Waals surface area (Å²) in [7, 11) is 0. The van der Waals surface area contributed by atoms with Crippen molar-refractivity contribution in [2.24, 2.45) is 5.73 Å². The zero-order chi connectivity index (χ0) is 14.1. The zero-order valence-corrected chi connectivity index (χ0v) is 11.4. The second kappa shape index (κ2) is 5.49. The van der Waals surface area contributed by atoms with Gasteiger partial charge in [0.1, 0.15) is 11.6 Å². The molecular formula is C11H14F2N6S. The molecule has 20 heavy (non-hydrogen) atoms. The Morgan fingerprint density at radius 1 is 1.35 bits per heavy atom. The minimum Gasteiger partial charge on any atom is -0.324 e. The molecule has 1 aliphatic rings. The summed E-state index contributed by atoms with van der Waals surface area (Å²) in [5.74, 6) is 1.39. The average Bonchev–Trinajstić information content (AvgIpc) is 3.02. The zero-order valence-electron chi connectivity index (χ0n) is 10.6. The lowest BCUT2D eigenvalue weighted by Gasteiger charge is -2.08. The van der Waals surface area contributed by atoms with E-state index in [1.54, 1.807) is 0 Å². The van der Waals surface area contributed by atoms with Gasteiger partial charge in [-0.2, -0.15) is 8.78 Å². The molecule has 2 heterocycles. The number of aromatic nitrogens is 5. The van der Waals surface area contributed by atoms with Gasteiger partial charge in [0.05, 0.1) is 12.3 Å². The first-order valence-corrected chi connectivity index (χ1v) is 7.25. The Morgan fingerprint density at radius 2 is 2.15 bits per heavy atom. The van der Waals surface area contributed by atoms with Gasteiger partial charge in [0.25, 0.3) is 0 Å². The quantitative estimate of drug-likeness (QED) is 0.825. The molecule has 9 heteroatoms. The summed E-state index contributed by atoms with van der Waals surface area (Å²) in [6, 6.07) is 0.404. The second-order valence-corrected chi connectivity index (χ2v) is 5.46. The van der Waals surface area contributed by atoms with Gasteiger partial charge in [0, 0.05) is 18.4 Å². The molecule has 0 spiro atoms. The Hall–Kier alpha value is -1.48. The fourth-order valence-electron chi connectivity index (χ4n) is 2.01.